The number of hydrogen-bond acceptors (Lipinski definition) is 4. The Labute approximate surface area is 320 Å². The molecule has 9 aromatic rings. The first-order valence-corrected chi connectivity index (χ1v) is 19.0. The summed E-state index contributed by atoms with van der Waals surface area (Å²) < 4.78 is 6.31. The van der Waals surface area contributed by atoms with E-state index >= 15 is 0 Å². The van der Waals surface area contributed by atoms with Gasteiger partial charge in [0.2, 0.25) is 0 Å². The zero-order valence-corrected chi connectivity index (χ0v) is 31.2. The van der Waals surface area contributed by atoms with E-state index in [1.807, 2.05) is 24.3 Å². The Kier molecular flexibility index (Phi) is 6.61. The fourth-order valence-corrected chi connectivity index (χ4v) is 9.34. The van der Waals surface area contributed by atoms with Crippen molar-refractivity contribution in [2.24, 2.45) is 0 Å². The number of para-hydroxylation sites is 1. The molecule has 0 radical (unpaired) electrons. The van der Waals surface area contributed by atoms with Crippen molar-refractivity contribution in [1.29, 1.82) is 0 Å². The van der Waals surface area contributed by atoms with Crippen LogP contribution in [0, 0.1) is 0 Å². The van der Waals surface area contributed by atoms with Gasteiger partial charge in [-0.25, -0.2) is 15.0 Å². The van der Waals surface area contributed by atoms with E-state index in [0.717, 1.165) is 44.4 Å². The van der Waals surface area contributed by atoms with Crippen molar-refractivity contribution >= 4 is 21.9 Å². The second kappa shape index (κ2) is 11.4. The molecule has 2 aliphatic carbocycles. The van der Waals surface area contributed by atoms with Crippen LogP contribution in [0.15, 0.2) is 156 Å². The molecule has 0 unspecified atom stereocenters. The second-order valence-corrected chi connectivity index (χ2v) is 16.0. The molecule has 11 rings (SSSR count). The minimum atomic E-state index is -0.179. The Bertz CT molecular complexity index is 3040. The molecule has 0 saturated carbocycles. The van der Waals surface area contributed by atoms with Gasteiger partial charge in [0.25, 0.3) is 0 Å². The highest BCUT2D eigenvalue weighted by Crippen LogP contribution is 2.54. The molecule has 2 heterocycles. The van der Waals surface area contributed by atoms with Gasteiger partial charge < -0.3 is 4.42 Å². The number of benzene rings is 7. The predicted octanol–water partition coefficient (Wildman–Crippen LogP) is 13.1. The Morgan fingerprint density at radius 2 is 0.982 bits per heavy atom. The minimum Gasteiger partial charge on any atom is -0.456 e. The topological polar surface area (TPSA) is 51.8 Å². The summed E-state index contributed by atoms with van der Waals surface area (Å²) in [5.74, 6) is 1.98. The molecule has 2 aliphatic rings. The molecule has 55 heavy (non-hydrogen) atoms. The average Bonchev–Trinajstić information content (AvgIpc) is 3.80. The number of hydrogen-bond donors (Lipinski definition) is 0. The van der Waals surface area contributed by atoms with E-state index in [-0.39, 0.29) is 10.8 Å². The van der Waals surface area contributed by atoms with Crippen molar-refractivity contribution in [3.8, 4) is 67.5 Å². The zero-order valence-electron chi connectivity index (χ0n) is 31.2. The molecule has 0 fully saturated rings. The van der Waals surface area contributed by atoms with Crippen LogP contribution in [-0.2, 0) is 10.8 Å². The lowest BCUT2D eigenvalue weighted by Crippen LogP contribution is -2.14. The number of rotatable bonds is 4. The van der Waals surface area contributed by atoms with Crippen LogP contribution >= 0.6 is 0 Å². The molecule has 4 nitrogen and oxygen atoms in total. The summed E-state index contributed by atoms with van der Waals surface area (Å²) in [7, 11) is 0. The van der Waals surface area contributed by atoms with Gasteiger partial charge in [0.15, 0.2) is 17.5 Å². The fraction of sp³-hybridized carbons (Fsp3) is 0.118. The monoisotopic (exact) mass is 707 g/mol. The van der Waals surface area contributed by atoms with Crippen LogP contribution in [0.25, 0.3) is 89.5 Å². The maximum atomic E-state index is 6.31. The molecule has 262 valence electrons. The van der Waals surface area contributed by atoms with E-state index in [9.17, 15) is 0 Å². The molecule has 0 N–H and O–H groups in total. The van der Waals surface area contributed by atoms with Crippen LogP contribution in [0.5, 0.6) is 0 Å². The van der Waals surface area contributed by atoms with Crippen molar-refractivity contribution in [2.45, 2.75) is 38.5 Å². The van der Waals surface area contributed by atoms with Gasteiger partial charge in [-0.2, -0.15) is 0 Å². The predicted molar refractivity (Wildman–Crippen MR) is 224 cm³/mol. The largest absolute Gasteiger partial charge is 0.456 e. The standard InChI is InChI=1S/C51H37N3O/c1-50(2)38-21-10-8-18-34(38)44-37(20-13-22-39(44)50)49-53-47(30-14-6-5-7-15-30)52-48(54-49)33-17-12-16-31(28-33)32-24-25-35-41(29-32)51(3,4)40-26-27-43-46(45(35)40)36-19-9-11-23-42(36)55-43/h5-29H,1-4H3. The molecule has 0 spiro atoms. The summed E-state index contributed by atoms with van der Waals surface area (Å²) in [5.41, 5.74) is 17.0. The SMILES string of the molecule is CC1(C)c2ccccc2-c2c(-c3nc(-c4ccccc4)nc(-c4cccc(-c5ccc6c(c5)C(C)(C)c5ccc7oc8ccccc8c7c5-6)c4)n3)cccc21. The zero-order chi connectivity index (χ0) is 37.1. The van der Waals surface area contributed by atoms with Gasteiger partial charge in [0.1, 0.15) is 11.2 Å². The first kappa shape index (κ1) is 31.8. The normalized spacial score (nSPS) is 14.5. The van der Waals surface area contributed by atoms with Crippen LogP contribution < -0.4 is 0 Å². The van der Waals surface area contributed by atoms with Gasteiger partial charge in [-0.3, -0.25) is 0 Å². The van der Waals surface area contributed by atoms with Crippen molar-refractivity contribution in [3.05, 3.63) is 174 Å². The van der Waals surface area contributed by atoms with E-state index in [1.165, 1.54) is 49.9 Å². The lowest BCUT2D eigenvalue weighted by atomic mass is 9.81. The third kappa shape index (κ3) is 4.61. The Balaban J connectivity index is 1.06. The molecular weight excluding hydrogens is 671 g/mol. The Hall–Kier alpha value is -6.65. The molecule has 0 aliphatic heterocycles. The lowest BCUT2D eigenvalue weighted by Gasteiger charge is -2.22. The first-order valence-electron chi connectivity index (χ1n) is 19.0. The number of furan rings is 1. The summed E-state index contributed by atoms with van der Waals surface area (Å²) >= 11 is 0. The summed E-state index contributed by atoms with van der Waals surface area (Å²) in [6.45, 7) is 9.28. The quantitative estimate of drug-likeness (QED) is 0.183. The van der Waals surface area contributed by atoms with Gasteiger partial charge in [-0.05, 0) is 79.9 Å². The number of nitrogens with zero attached hydrogens (tertiary/aromatic N) is 3. The molecule has 7 aromatic carbocycles. The van der Waals surface area contributed by atoms with Gasteiger partial charge in [-0.15, -0.1) is 0 Å². The maximum Gasteiger partial charge on any atom is 0.164 e. The third-order valence-corrected chi connectivity index (χ3v) is 12.1. The molecule has 0 bridgehead atoms. The van der Waals surface area contributed by atoms with E-state index in [1.54, 1.807) is 0 Å². The van der Waals surface area contributed by atoms with Crippen molar-refractivity contribution < 1.29 is 4.42 Å². The van der Waals surface area contributed by atoms with Crippen molar-refractivity contribution in [2.75, 3.05) is 0 Å². The molecule has 4 heteroatoms. The van der Waals surface area contributed by atoms with Gasteiger partial charge in [0, 0.05) is 38.3 Å². The summed E-state index contributed by atoms with van der Waals surface area (Å²) in [6, 6.07) is 53.8. The van der Waals surface area contributed by atoms with E-state index < -0.39 is 0 Å². The molecule has 0 amide bonds. The highest BCUT2D eigenvalue weighted by Gasteiger charge is 2.39. The smallest absolute Gasteiger partial charge is 0.164 e. The average molecular weight is 708 g/mol. The maximum absolute atomic E-state index is 6.31. The summed E-state index contributed by atoms with van der Waals surface area (Å²) in [5, 5.41) is 2.36. The van der Waals surface area contributed by atoms with Gasteiger partial charge in [0.05, 0.1) is 0 Å². The van der Waals surface area contributed by atoms with Crippen molar-refractivity contribution in [1.82, 2.24) is 15.0 Å². The Morgan fingerprint density at radius 3 is 1.85 bits per heavy atom. The lowest BCUT2D eigenvalue weighted by molar-refractivity contribution is 0.657. The minimum absolute atomic E-state index is 0.126. The number of aromatic nitrogens is 3. The van der Waals surface area contributed by atoms with Crippen LogP contribution in [0.1, 0.15) is 49.9 Å². The summed E-state index contributed by atoms with van der Waals surface area (Å²) in [6.07, 6.45) is 0. The van der Waals surface area contributed by atoms with E-state index in [4.69, 9.17) is 19.4 Å². The second-order valence-electron chi connectivity index (χ2n) is 16.0. The molecule has 0 atom stereocenters. The fourth-order valence-electron chi connectivity index (χ4n) is 9.34. The van der Waals surface area contributed by atoms with Crippen molar-refractivity contribution in [3.63, 3.8) is 0 Å². The Morgan fingerprint density at radius 1 is 0.382 bits per heavy atom. The summed E-state index contributed by atoms with van der Waals surface area (Å²) in [4.78, 5) is 15.5. The van der Waals surface area contributed by atoms with Gasteiger partial charge in [-0.1, -0.05) is 155 Å². The van der Waals surface area contributed by atoms with Crippen LogP contribution in [0.4, 0.5) is 0 Å². The molecular formula is C51H37N3O. The first-order chi connectivity index (χ1) is 26.8. The highest BCUT2D eigenvalue weighted by atomic mass is 16.3. The van der Waals surface area contributed by atoms with Crippen LogP contribution in [-0.4, -0.2) is 15.0 Å². The highest BCUT2D eigenvalue weighted by molar-refractivity contribution is 6.15. The third-order valence-electron chi connectivity index (χ3n) is 12.1. The van der Waals surface area contributed by atoms with Gasteiger partial charge >= 0.3 is 0 Å². The van der Waals surface area contributed by atoms with E-state index in [2.05, 4.69) is 155 Å². The molecule has 0 saturated heterocycles. The van der Waals surface area contributed by atoms with Crippen LogP contribution in [0.3, 0.4) is 0 Å². The number of fused-ring (bicyclic) bond motifs is 10. The van der Waals surface area contributed by atoms with E-state index in [0.29, 0.717) is 17.5 Å². The molecule has 2 aromatic heterocycles. The van der Waals surface area contributed by atoms with Crippen LogP contribution in [0.2, 0.25) is 0 Å².